The molecule has 1 aliphatic rings. The molecule has 3 heterocycles. The fraction of sp³-hybridized carbons (Fsp3) is 0.0952. The summed E-state index contributed by atoms with van der Waals surface area (Å²) >= 11 is 7.44. The number of hydrogen-bond donors (Lipinski definition) is 1. The minimum atomic E-state index is -0.600. The molecule has 166 valence electrons. The van der Waals surface area contributed by atoms with E-state index in [2.05, 4.69) is 15.4 Å². The van der Waals surface area contributed by atoms with Gasteiger partial charge in [0.2, 0.25) is 11.9 Å². The summed E-state index contributed by atoms with van der Waals surface area (Å²) in [5, 5.41) is 20.7. The van der Waals surface area contributed by atoms with Gasteiger partial charge in [0, 0.05) is 29.1 Å². The van der Waals surface area contributed by atoms with Gasteiger partial charge in [-0.2, -0.15) is 9.78 Å². The third kappa shape index (κ3) is 3.99. The van der Waals surface area contributed by atoms with Crippen molar-refractivity contribution >= 4 is 40.4 Å². The van der Waals surface area contributed by atoms with Crippen molar-refractivity contribution in [3.05, 3.63) is 74.2 Å². The average molecular weight is 484 g/mol. The normalized spacial score (nSPS) is 12.1. The lowest BCUT2D eigenvalue weighted by Gasteiger charge is -2.08. The highest BCUT2D eigenvalue weighted by atomic mass is 35.5. The first-order valence-corrected chi connectivity index (χ1v) is 10.8. The summed E-state index contributed by atoms with van der Waals surface area (Å²) in [7, 11) is 0. The number of non-ortho nitro benzene ring substituents is 1. The van der Waals surface area contributed by atoms with Gasteiger partial charge in [0.1, 0.15) is 5.82 Å². The molecule has 0 spiro atoms. The van der Waals surface area contributed by atoms with Crippen molar-refractivity contribution in [1.29, 1.82) is 0 Å². The Morgan fingerprint density at radius 3 is 2.85 bits per heavy atom. The maximum atomic E-state index is 12.8. The first-order chi connectivity index (χ1) is 15.9. The number of nitro benzene ring substituents is 1. The van der Waals surface area contributed by atoms with Gasteiger partial charge in [0.05, 0.1) is 26.9 Å². The van der Waals surface area contributed by atoms with Crippen LogP contribution in [0.5, 0.6) is 11.5 Å². The van der Waals surface area contributed by atoms with Gasteiger partial charge in [-0.1, -0.05) is 11.6 Å². The fourth-order valence-electron chi connectivity index (χ4n) is 3.27. The van der Waals surface area contributed by atoms with Gasteiger partial charge in [0.15, 0.2) is 11.5 Å². The number of halogens is 1. The summed E-state index contributed by atoms with van der Waals surface area (Å²) in [5.41, 5.74) is 1.95. The molecule has 0 fully saturated rings. The molecule has 0 unspecified atom stereocenters. The van der Waals surface area contributed by atoms with Gasteiger partial charge in [-0.25, -0.2) is 4.98 Å². The molecule has 0 bridgehead atoms. The maximum absolute atomic E-state index is 12.8. The molecular weight excluding hydrogens is 470 g/mol. The Balaban J connectivity index is 1.44. The Kier molecular flexibility index (Phi) is 5.19. The third-order valence-electron chi connectivity index (χ3n) is 4.82. The van der Waals surface area contributed by atoms with Crippen molar-refractivity contribution in [2.45, 2.75) is 6.92 Å². The molecule has 2 aromatic heterocycles. The summed E-state index contributed by atoms with van der Waals surface area (Å²) in [5.74, 6) is 1.09. The van der Waals surface area contributed by atoms with Gasteiger partial charge < -0.3 is 14.8 Å². The lowest BCUT2D eigenvalue weighted by atomic mass is 10.1. The number of amides is 1. The molecule has 2 aromatic carbocycles. The molecule has 1 amide bonds. The molecule has 12 heteroatoms. The van der Waals surface area contributed by atoms with E-state index >= 15 is 0 Å². The number of carbonyl (C=O) groups is 1. The van der Waals surface area contributed by atoms with Crippen molar-refractivity contribution < 1.29 is 19.2 Å². The van der Waals surface area contributed by atoms with Gasteiger partial charge in [-0.05, 0) is 31.2 Å². The van der Waals surface area contributed by atoms with Crippen LogP contribution < -0.4 is 14.8 Å². The Labute approximate surface area is 195 Å². The van der Waals surface area contributed by atoms with Crippen LogP contribution in [0.1, 0.15) is 16.1 Å². The quantitative estimate of drug-likeness (QED) is 0.318. The van der Waals surface area contributed by atoms with E-state index in [1.54, 1.807) is 13.0 Å². The van der Waals surface area contributed by atoms with Crippen LogP contribution in [0.25, 0.3) is 16.4 Å². The van der Waals surface area contributed by atoms with Gasteiger partial charge in [-0.15, -0.1) is 11.3 Å². The largest absolute Gasteiger partial charge is 0.454 e. The molecule has 10 nitrogen and oxygen atoms in total. The molecule has 33 heavy (non-hydrogen) atoms. The third-order valence-corrected chi connectivity index (χ3v) is 5.97. The molecule has 1 N–H and O–H groups in total. The summed E-state index contributed by atoms with van der Waals surface area (Å²) in [4.78, 5) is 28.0. The maximum Gasteiger partial charge on any atom is 0.270 e. The van der Waals surface area contributed by atoms with Crippen LogP contribution in [-0.4, -0.2) is 32.4 Å². The Hall–Kier alpha value is -3.96. The van der Waals surface area contributed by atoms with Crippen LogP contribution in [-0.2, 0) is 0 Å². The minimum absolute atomic E-state index is 0.0172. The highest BCUT2D eigenvalue weighted by Gasteiger charge is 2.20. The number of nitrogens with zero attached hydrogens (tertiary/aromatic N) is 4. The number of rotatable bonds is 5. The van der Waals surface area contributed by atoms with Crippen LogP contribution in [0.15, 0.2) is 47.8 Å². The Morgan fingerprint density at radius 1 is 1.21 bits per heavy atom. The summed E-state index contributed by atoms with van der Waals surface area (Å²) in [6.07, 6.45) is 0. The molecule has 1 aliphatic heterocycles. The molecular formula is C21H14ClN5O5S. The van der Waals surface area contributed by atoms with Crippen LogP contribution in [0.3, 0.4) is 0 Å². The zero-order chi connectivity index (χ0) is 23.1. The number of carbonyl (C=O) groups excluding carboxylic acids is 1. The van der Waals surface area contributed by atoms with E-state index in [0.29, 0.717) is 33.8 Å². The number of anilines is 1. The zero-order valence-electron chi connectivity index (χ0n) is 16.9. The topological polar surface area (TPSA) is 121 Å². The van der Waals surface area contributed by atoms with E-state index in [4.69, 9.17) is 21.1 Å². The van der Waals surface area contributed by atoms with E-state index < -0.39 is 10.8 Å². The number of nitro groups is 1. The minimum Gasteiger partial charge on any atom is -0.454 e. The van der Waals surface area contributed by atoms with E-state index in [1.165, 1.54) is 28.2 Å². The fourth-order valence-corrected chi connectivity index (χ4v) is 4.27. The molecule has 0 atom stereocenters. The van der Waals surface area contributed by atoms with Crippen molar-refractivity contribution in [3.8, 4) is 27.9 Å². The zero-order valence-corrected chi connectivity index (χ0v) is 18.5. The van der Waals surface area contributed by atoms with Crippen molar-refractivity contribution in [1.82, 2.24) is 14.8 Å². The highest BCUT2D eigenvalue weighted by Crippen LogP contribution is 2.36. The number of thiazole rings is 1. The van der Waals surface area contributed by atoms with Crippen molar-refractivity contribution in [3.63, 3.8) is 0 Å². The predicted octanol–water partition coefficient (Wildman–Crippen LogP) is 4.85. The summed E-state index contributed by atoms with van der Waals surface area (Å²) in [6, 6.07) is 10.9. The van der Waals surface area contributed by atoms with Gasteiger partial charge >= 0.3 is 0 Å². The molecule has 0 radical (unpaired) electrons. The number of nitrogens with one attached hydrogen (secondary N) is 1. The second kappa shape index (κ2) is 8.19. The van der Waals surface area contributed by atoms with Crippen molar-refractivity contribution in [2.75, 3.05) is 12.1 Å². The van der Waals surface area contributed by atoms with E-state index in [0.717, 1.165) is 11.6 Å². The molecule has 0 saturated carbocycles. The molecule has 4 aromatic rings. The molecule has 5 rings (SSSR count). The summed E-state index contributed by atoms with van der Waals surface area (Å²) in [6.45, 7) is 1.96. The van der Waals surface area contributed by atoms with E-state index in [-0.39, 0.29) is 23.1 Å². The van der Waals surface area contributed by atoms with Gasteiger partial charge in [-0.3, -0.25) is 14.9 Å². The first kappa shape index (κ1) is 20.9. The number of fused-ring (bicyclic) bond motifs is 1. The Morgan fingerprint density at radius 2 is 2.03 bits per heavy atom. The SMILES string of the molecule is Cc1cc(NC(=O)c2cc([N+](=O)[O-])ccc2Cl)n(-c2nc(-c3ccc4c(c3)OCO4)cs2)n1. The lowest BCUT2D eigenvalue weighted by Crippen LogP contribution is -2.15. The van der Waals surface area contributed by atoms with Crippen LogP contribution in [0, 0.1) is 17.0 Å². The second-order valence-corrected chi connectivity index (χ2v) is 8.29. The summed E-state index contributed by atoms with van der Waals surface area (Å²) < 4.78 is 12.3. The monoisotopic (exact) mass is 483 g/mol. The number of benzene rings is 2. The number of aromatic nitrogens is 3. The highest BCUT2D eigenvalue weighted by molar-refractivity contribution is 7.12. The number of aryl methyl sites for hydroxylation is 1. The van der Waals surface area contributed by atoms with Crippen LogP contribution in [0.4, 0.5) is 11.5 Å². The van der Waals surface area contributed by atoms with Crippen LogP contribution in [0.2, 0.25) is 5.02 Å². The van der Waals surface area contributed by atoms with Gasteiger partial charge in [0.25, 0.3) is 11.6 Å². The number of ether oxygens (including phenoxy) is 2. The smallest absolute Gasteiger partial charge is 0.270 e. The second-order valence-electron chi connectivity index (χ2n) is 7.04. The van der Waals surface area contributed by atoms with Crippen molar-refractivity contribution in [2.24, 2.45) is 0 Å². The Bertz CT molecular complexity index is 1420. The average Bonchev–Trinajstić information content (AvgIpc) is 3.52. The van der Waals surface area contributed by atoms with E-state index in [9.17, 15) is 14.9 Å². The van der Waals surface area contributed by atoms with Crippen LogP contribution >= 0.6 is 22.9 Å². The molecule has 0 aliphatic carbocycles. The molecule has 0 saturated heterocycles. The standard InChI is InChI=1S/C21H14ClN5O5S/c1-11-6-19(24-20(28)14-8-13(27(29)30)3-4-15(14)22)26(25-11)21-23-16(9-33-21)12-2-5-17-18(7-12)32-10-31-17/h2-9H,10H2,1H3,(H,24,28). The number of hydrogen-bond acceptors (Lipinski definition) is 8. The predicted molar refractivity (Wildman–Crippen MR) is 122 cm³/mol. The first-order valence-electron chi connectivity index (χ1n) is 9.57. The lowest BCUT2D eigenvalue weighted by molar-refractivity contribution is -0.384. The van der Waals surface area contributed by atoms with E-state index in [1.807, 2.05) is 23.6 Å².